The van der Waals surface area contributed by atoms with Gasteiger partial charge in [0.25, 0.3) is 0 Å². The van der Waals surface area contributed by atoms with Gasteiger partial charge < -0.3 is 14.2 Å². The monoisotopic (exact) mass is 388 g/mol. The summed E-state index contributed by atoms with van der Waals surface area (Å²) in [5.41, 5.74) is -2.96. The third kappa shape index (κ3) is 3.17. The topological polar surface area (TPSA) is 61.8 Å². The standard InChI is InChI=1S/C18H28O5S2/c1-16(2,3)23-13(19)12-10-11-8-9-17(12,21-4)14(20)18(11,22-5)15(24-6)25-7/h8-9,11-12,15H,10H2,1-7H3/t11-,12-,17-,18+/m1/s1. The number of rotatable bonds is 6. The minimum Gasteiger partial charge on any atom is -0.460 e. The number of hydrogen-bond acceptors (Lipinski definition) is 7. The molecule has 0 amide bonds. The lowest BCUT2D eigenvalue weighted by Gasteiger charge is -2.55. The van der Waals surface area contributed by atoms with E-state index in [1.807, 2.05) is 39.4 Å². The predicted octanol–water partition coefficient (Wildman–Crippen LogP) is 2.93. The first kappa shape index (κ1) is 20.8. The summed E-state index contributed by atoms with van der Waals surface area (Å²) in [6.45, 7) is 5.46. The first-order chi connectivity index (χ1) is 11.6. The summed E-state index contributed by atoms with van der Waals surface area (Å²) >= 11 is 3.17. The maximum Gasteiger partial charge on any atom is 0.313 e. The molecule has 2 bridgehead atoms. The summed E-state index contributed by atoms with van der Waals surface area (Å²) in [5, 5.41) is 0. The van der Waals surface area contributed by atoms with Crippen molar-refractivity contribution in [3.63, 3.8) is 0 Å². The lowest BCUT2D eigenvalue weighted by atomic mass is 9.58. The number of fused-ring (bicyclic) bond motifs is 2. The lowest BCUT2D eigenvalue weighted by molar-refractivity contribution is -0.196. The maximum absolute atomic E-state index is 13.6. The largest absolute Gasteiger partial charge is 0.460 e. The van der Waals surface area contributed by atoms with E-state index in [2.05, 4.69) is 0 Å². The Kier molecular flexibility index (Phi) is 6.04. The van der Waals surface area contributed by atoms with Crippen molar-refractivity contribution in [3.8, 4) is 0 Å². The normalized spacial score (nSPS) is 34.6. The molecule has 0 aromatic carbocycles. The van der Waals surface area contributed by atoms with Crippen LogP contribution in [-0.2, 0) is 23.8 Å². The number of esters is 1. The van der Waals surface area contributed by atoms with Gasteiger partial charge in [-0.2, -0.15) is 0 Å². The highest BCUT2D eigenvalue weighted by Crippen LogP contribution is 2.54. The second kappa shape index (κ2) is 7.25. The molecule has 142 valence electrons. The van der Waals surface area contributed by atoms with Gasteiger partial charge in [0.15, 0.2) is 11.2 Å². The fourth-order valence-electron chi connectivity index (χ4n) is 3.92. The first-order valence-corrected chi connectivity index (χ1v) is 10.8. The fourth-order valence-corrected chi connectivity index (χ4v) is 6.15. The highest BCUT2D eigenvalue weighted by molar-refractivity contribution is 8.16. The average Bonchev–Trinajstić information content (AvgIpc) is 2.56. The second-order valence-electron chi connectivity index (χ2n) is 7.41. The summed E-state index contributed by atoms with van der Waals surface area (Å²) in [6, 6.07) is 0. The van der Waals surface area contributed by atoms with Gasteiger partial charge in [0.05, 0.1) is 10.5 Å². The third-order valence-corrected chi connectivity index (χ3v) is 7.70. The summed E-state index contributed by atoms with van der Waals surface area (Å²) in [7, 11) is 3.04. The zero-order valence-corrected chi connectivity index (χ0v) is 17.6. The maximum atomic E-state index is 13.6. The zero-order valence-electron chi connectivity index (χ0n) is 16.0. The van der Waals surface area contributed by atoms with Crippen molar-refractivity contribution in [1.29, 1.82) is 0 Å². The number of ether oxygens (including phenoxy) is 3. The Bertz CT molecular complexity index is 566. The van der Waals surface area contributed by atoms with Crippen molar-refractivity contribution in [2.75, 3.05) is 26.7 Å². The van der Waals surface area contributed by atoms with Gasteiger partial charge in [-0.1, -0.05) is 6.08 Å². The van der Waals surface area contributed by atoms with E-state index in [9.17, 15) is 9.59 Å². The lowest BCUT2D eigenvalue weighted by Crippen LogP contribution is -2.71. The first-order valence-electron chi connectivity index (χ1n) is 8.26. The molecule has 0 N–H and O–H groups in total. The molecule has 25 heavy (non-hydrogen) atoms. The van der Waals surface area contributed by atoms with E-state index >= 15 is 0 Å². The van der Waals surface area contributed by atoms with Gasteiger partial charge in [0, 0.05) is 20.1 Å². The van der Waals surface area contributed by atoms with Crippen LogP contribution in [0.3, 0.4) is 0 Å². The van der Waals surface area contributed by atoms with Crippen LogP contribution in [0.1, 0.15) is 27.2 Å². The van der Waals surface area contributed by atoms with Gasteiger partial charge in [-0.3, -0.25) is 9.59 Å². The molecule has 0 unspecified atom stereocenters. The average molecular weight is 389 g/mol. The van der Waals surface area contributed by atoms with Crippen molar-refractivity contribution < 1.29 is 23.8 Å². The number of methoxy groups -OCH3 is 2. The molecule has 4 atom stereocenters. The van der Waals surface area contributed by atoms with E-state index in [-0.39, 0.29) is 16.3 Å². The number of thioether (sulfide) groups is 2. The SMILES string of the molecule is CO[C@]12C=C[C@H](C[C@@H]1C(=O)OC(C)(C)C)[C@@](OC)(C(SC)SC)C2=O. The van der Waals surface area contributed by atoms with Crippen LogP contribution in [0.5, 0.6) is 0 Å². The van der Waals surface area contributed by atoms with Crippen LogP contribution in [0.15, 0.2) is 12.2 Å². The van der Waals surface area contributed by atoms with Gasteiger partial charge in [-0.05, 0) is 45.8 Å². The molecule has 3 aliphatic carbocycles. The molecule has 3 aliphatic rings. The van der Waals surface area contributed by atoms with Crippen LogP contribution in [0.25, 0.3) is 0 Å². The van der Waals surface area contributed by atoms with Crippen molar-refractivity contribution >= 4 is 35.3 Å². The Labute approximate surface area is 158 Å². The van der Waals surface area contributed by atoms with Gasteiger partial charge in [0.2, 0.25) is 5.78 Å². The van der Waals surface area contributed by atoms with Crippen molar-refractivity contribution in [1.82, 2.24) is 0 Å². The van der Waals surface area contributed by atoms with Crippen LogP contribution in [0.2, 0.25) is 0 Å². The Hall–Kier alpha value is -0.500. The molecule has 0 aliphatic heterocycles. The number of hydrogen-bond donors (Lipinski definition) is 0. The minimum atomic E-state index is -1.34. The smallest absolute Gasteiger partial charge is 0.313 e. The summed E-state index contributed by atoms with van der Waals surface area (Å²) in [6.07, 6.45) is 8.09. The third-order valence-electron chi connectivity index (χ3n) is 4.99. The molecule has 0 spiro atoms. The second-order valence-corrected chi connectivity index (χ2v) is 9.60. The molecule has 7 heteroatoms. The van der Waals surface area contributed by atoms with Gasteiger partial charge >= 0.3 is 5.97 Å². The molecular weight excluding hydrogens is 360 g/mol. The fraction of sp³-hybridized carbons (Fsp3) is 0.778. The van der Waals surface area contributed by atoms with E-state index in [0.29, 0.717) is 6.42 Å². The molecule has 0 heterocycles. The molecule has 1 fully saturated rings. The number of ketones is 1. The Morgan fingerprint density at radius 2 is 1.84 bits per heavy atom. The zero-order chi connectivity index (χ0) is 19.0. The van der Waals surface area contributed by atoms with E-state index < -0.39 is 28.7 Å². The molecule has 1 saturated carbocycles. The van der Waals surface area contributed by atoms with Crippen LogP contribution < -0.4 is 0 Å². The van der Waals surface area contributed by atoms with Gasteiger partial charge in [0.1, 0.15) is 5.60 Å². The Balaban J connectivity index is 2.49. The number of carbonyl (C=O) groups excluding carboxylic acids is 2. The van der Waals surface area contributed by atoms with E-state index in [1.165, 1.54) is 7.11 Å². The summed E-state index contributed by atoms with van der Waals surface area (Å²) in [4.78, 5) is 26.4. The van der Waals surface area contributed by atoms with Crippen molar-refractivity contribution in [3.05, 3.63) is 12.2 Å². The Morgan fingerprint density at radius 3 is 2.28 bits per heavy atom. The van der Waals surface area contributed by atoms with E-state index in [4.69, 9.17) is 14.2 Å². The Morgan fingerprint density at radius 1 is 1.24 bits per heavy atom. The van der Waals surface area contributed by atoms with Crippen LogP contribution >= 0.6 is 23.5 Å². The number of Topliss-reactive ketones (excluding diaryl/α,β-unsaturated/α-hetero) is 1. The molecular formula is C18H28O5S2. The predicted molar refractivity (Wildman–Crippen MR) is 102 cm³/mol. The summed E-state index contributed by atoms with van der Waals surface area (Å²) < 4.78 is 17.0. The number of carbonyl (C=O) groups is 2. The molecule has 0 saturated heterocycles. The minimum absolute atomic E-state index is 0.0888. The van der Waals surface area contributed by atoms with Crippen LogP contribution in [0, 0.1) is 11.8 Å². The van der Waals surface area contributed by atoms with Crippen molar-refractivity contribution in [2.24, 2.45) is 11.8 Å². The highest BCUT2D eigenvalue weighted by Gasteiger charge is 2.68. The molecule has 0 radical (unpaired) electrons. The quantitative estimate of drug-likeness (QED) is 0.394. The van der Waals surface area contributed by atoms with Crippen LogP contribution in [0.4, 0.5) is 0 Å². The van der Waals surface area contributed by atoms with Crippen molar-refractivity contribution in [2.45, 2.75) is 48.6 Å². The highest BCUT2D eigenvalue weighted by atomic mass is 32.2. The van der Waals surface area contributed by atoms with Gasteiger partial charge in [-0.25, -0.2) is 0 Å². The summed E-state index contributed by atoms with van der Waals surface area (Å²) in [5.74, 6) is -1.43. The van der Waals surface area contributed by atoms with Gasteiger partial charge in [-0.15, -0.1) is 23.5 Å². The molecule has 5 nitrogen and oxygen atoms in total. The van der Waals surface area contributed by atoms with E-state index in [0.717, 1.165) is 0 Å². The molecule has 3 rings (SSSR count). The van der Waals surface area contributed by atoms with Crippen LogP contribution in [-0.4, -0.2) is 59.9 Å². The van der Waals surface area contributed by atoms with E-state index in [1.54, 1.807) is 36.7 Å². The molecule has 0 aromatic rings. The molecule has 0 aromatic heterocycles.